The van der Waals surface area contributed by atoms with E-state index in [1.165, 1.54) is 29.1 Å². The Bertz CT molecular complexity index is 361. The summed E-state index contributed by atoms with van der Waals surface area (Å²) >= 11 is 8.42. The molecule has 0 bridgehead atoms. The fourth-order valence-electron chi connectivity index (χ4n) is 2.31. The van der Waals surface area contributed by atoms with Gasteiger partial charge in [0.05, 0.1) is 0 Å². The summed E-state index contributed by atoms with van der Waals surface area (Å²) in [6, 6.07) is 6.62. The molecule has 3 heteroatoms. The number of thioether (sulfide) groups is 1. The summed E-state index contributed by atoms with van der Waals surface area (Å²) in [5, 5.41) is 0.961. The van der Waals surface area contributed by atoms with Crippen LogP contribution in [0.15, 0.2) is 18.2 Å². The van der Waals surface area contributed by atoms with Crippen LogP contribution in [0.3, 0.4) is 0 Å². The van der Waals surface area contributed by atoms with E-state index in [1.807, 2.05) is 11.8 Å². The quantitative estimate of drug-likeness (QED) is 0.822. The second-order valence-corrected chi connectivity index (χ2v) is 6.22. The van der Waals surface area contributed by atoms with Crippen molar-refractivity contribution in [3.63, 3.8) is 0 Å². The maximum Gasteiger partial charge on any atom is 0.0443 e. The largest absolute Gasteiger partial charge is 0.330 e. The number of hydrogen-bond acceptors (Lipinski definition) is 2. The van der Waals surface area contributed by atoms with Crippen LogP contribution in [-0.4, -0.2) is 18.1 Å². The van der Waals surface area contributed by atoms with Crippen LogP contribution in [0.2, 0.25) is 5.02 Å². The monoisotopic (exact) mass is 269 g/mol. The van der Waals surface area contributed by atoms with Gasteiger partial charge in [0.25, 0.3) is 0 Å². The Balaban J connectivity index is 2.00. The number of halogens is 1. The summed E-state index contributed by atoms with van der Waals surface area (Å²) < 4.78 is 0. The molecule has 1 atom stereocenters. The zero-order valence-electron chi connectivity index (χ0n) is 10.1. The minimum Gasteiger partial charge on any atom is -0.330 e. The van der Waals surface area contributed by atoms with Crippen LogP contribution in [0.1, 0.15) is 36.3 Å². The molecular weight excluding hydrogens is 250 g/mol. The molecule has 1 nitrogen and oxygen atoms in total. The van der Waals surface area contributed by atoms with Crippen LogP contribution in [0.25, 0.3) is 0 Å². The van der Waals surface area contributed by atoms with Gasteiger partial charge in [0.2, 0.25) is 0 Å². The lowest BCUT2D eigenvalue weighted by Gasteiger charge is -2.12. The molecule has 1 aromatic rings. The smallest absolute Gasteiger partial charge is 0.0443 e. The summed E-state index contributed by atoms with van der Waals surface area (Å²) in [6.45, 7) is 0.783. The van der Waals surface area contributed by atoms with E-state index in [4.69, 9.17) is 17.3 Å². The highest BCUT2D eigenvalue weighted by atomic mass is 35.5. The van der Waals surface area contributed by atoms with Gasteiger partial charge in [0, 0.05) is 10.8 Å². The molecule has 0 spiro atoms. The number of aryl methyl sites for hydroxylation is 1. The van der Waals surface area contributed by atoms with Gasteiger partial charge in [-0.25, -0.2) is 0 Å². The summed E-state index contributed by atoms with van der Waals surface area (Å²) in [5.74, 6) is 3.18. The minimum absolute atomic E-state index is 0.672. The molecule has 2 N–H and O–H groups in total. The Morgan fingerprint density at radius 1 is 1.35 bits per heavy atom. The van der Waals surface area contributed by atoms with Gasteiger partial charge >= 0.3 is 0 Å². The molecule has 0 aliphatic carbocycles. The molecule has 1 aliphatic heterocycles. The number of nitrogens with two attached hydrogens (primary N) is 1. The van der Waals surface area contributed by atoms with Gasteiger partial charge in [-0.05, 0) is 61.1 Å². The summed E-state index contributed by atoms with van der Waals surface area (Å²) in [7, 11) is 0. The number of rotatable bonds is 5. The third-order valence-corrected chi connectivity index (χ3v) is 4.84. The molecule has 0 radical (unpaired) electrons. The second kappa shape index (κ2) is 6.67. The first-order valence-electron chi connectivity index (χ1n) is 6.37. The Kier molecular flexibility index (Phi) is 5.20. The fourth-order valence-corrected chi connectivity index (χ4v) is 3.92. The van der Waals surface area contributed by atoms with Crippen molar-refractivity contribution in [3.8, 4) is 0 Å². The van der Waals surface area contributed by atoms with E-state index < -0.39 is 0 Å². The second-order valence-electron chi connectivity index (χ2n) is 4.66. The zero-order chi connectivity index (χ0) is 12.1. The van der Waals surface area contributed by atoms with Crippen LogP contribution in [0, 0.1) is 0 Å². The molecule has 17 heavy (non-hydrogen) atoms. The normalized spacial score (nSPS) is 19.8. The number of unbranched alkanes of at least 4 members (excludes halogenated alkanes) is 1. The lowest BCUT2D eigenvalue weighted by Crippen LogP contribution is -2.00. The van der Waals surface area contributed by atoms with Gasteiger partial charge in [0.15, 0.2) is 0 Å². The lowest BCUT2D eigenvalue weighted by atomic mass is 9.96. The van der Waals surface area contributed by atoms with E-state index in [-0.39, 0.29) is 0 Å². The maximum absolute atomic E-state index is 6.39. The average Bonchev–Trinajstić information content (AvgIpc) is 2.83. The van der Waals surface area contributed by atoms with Crippen LogP contribution in [0.4, 0.5) is 0 Å². The molecule has 1 unspecified atom stereocenters. The third kappa shape index (κ3) is 3.64. The Labute approximate surface area is 113 Å². The molecule has 1 aliphatic rings. The molecule has 1 saturated heterocycles. The minimum atomic E-state index is 0.672. The Morgan fingerprint density at radius 2 is 2.24 bits per heavy atom. The fraction of sp³-hybridized carbons (Fsp3) is 0.571. The van der Waals surface area contributed by atoms with Crippen molar-refractivity contribution in [1.29, 1.82) is 0 Å². The van der Waals surface area contributed by atoms with Crippen molar-refractivity contribution in [2.75, 3.05) is 18.1 Å². The highest BCUT2D eigenvalue weighted by molar-refractivity contribution is 7.99. The molecule has 94 valence electrons. The van der Waals surface area contributed by atoms with E-state index >= 15 is 0 Å². The van der Waals surface area contributed by atoms with Crippen molar-refractivity contribution in [3.05, 3.63) is 34.3 Å². The van der Waals surface area contributed by atoms with Crippen molar-refractivity contribution >= 4 is 23.4 Å². The number of hydrogen-bond donors (Lipinski definition) is 1. The van der Waals surface area contributed by atoms with Gasteiger partial charge in [-0.2, -0.15) is 11.8 Å². The highest BCUT2D eigenvalue weighted by Gasteiger charge is 2.19. The van der Waals surface area contributed by atoms with Crippen LogP contribution in [0.5, 0.6) is 0 Å². The molecule has 0 saturated carbocycles. The zero-order valence-corrected chi connectivity index (χ0v) is 11.7. The van der Waals surface area contributed by atoms with Crippen molar-refractivity contribution < 1.29 is 0 Å². The predicted octanol–water partition coefficient (Wildman–Crippen LogP) is 3.84. The van der Waals surface area contributed by atoms with Crippen molar-refractivity contribution in [1.82, 2.24) is 0 Å². The van der Waals surface area contributed by atoms with E-state index in [0.29, 0.717) is 5.92 Å². The summed E-state index contributed by atoms with van der Waals surface area (Å²) in [4.78, 5) is 0. The van der Waals surface area contributed by atoms with Gasteiger partial charge in [-0.1, -0.05) is 23.7 Å². The molecule has 1 heterocycles. The van der Waals surface area contributed by atoms with Gasteiger partial charge in [-0.15, -0.1) is 0 Å². The first-order valence-corrected chi connectivity index (χ1v) is 7.90. The van der Waals surface area contributed by atoms with E-state index in [2.05, 4.69) is 18.2 Å². The lowest BCUT2D eigenvalue weighted by molar-refractivity contribution is 0.742. The molecule has 0 aromatic heterocycles. The highest BCUT2D eigenvalue weighted by Crippen LogP contribution is 2.36. The molecule has 0 amide bonds. The van der Waals surface area contributed by atoms with E-state index in [0.717, 1.165) is 30.8 Å². The standard InChI is InChI=1S/C14H20ClNS/c15-14-9-11(3-1-2-7-16)4-5-13(14)12-6-8-17-10-12/h4-5,9,12H,1-3,6-8,10,16H2. The first kappa shape index (κ1) is 13.3. The SMILES string of the molecule is NCCCCc1ccc(C2CCSC2)c(Cl)c1. The molecule has 1 fully saturated rings. The van der Waals surface area contributed by atoms with E-state index in [9.17, 15) is 0 Å². The Hall–Kier alpha value is -0.180. The summed E-state index contributed by atoms with van der Waals surface area (Å²) in [6.07, 6.45) is 4.62. The third-order valence-electron chi connectivity index (χ3n) is 3.35. The molecular formula is C14H20ClNS. The van der Waals surface area contributed by atoms with Crippen LogP contribution < -0.4 is 5.73 Å². The molecule has 2 rings (SSSR count). The van der Waals surface area contributed by atoms with Crippen LogP contribution in [-0.2, 0) is 6.42 Å². The first-order chi connectivity index (χ1) is 8.31. The van der Waals surface area contributed by atoms with Crippen LogP contribution >= 0.6 is 23.4 Å². The average molecular weight is 270 g/mol. The van der Waals surface area contributed by atoms with Crippen molar-refractivity contribution in [2.45, 2.75) is 31.6 Å². The van der Waals surface area contributed by atoms with Gasteiger partial charge < -0.3 is 5.73 Å². The van der Waals surface area contributed by atoms with Crippen molar-refractivity contribution in [2.24, 2.45) is 5.73 Å². The van der Waals surface area contributed by atoms with Gasteiger partial charge in [0.1, 0.15) is 0 Å². The van der Waals surface area contributed by atoms with E-state index in [1.54, 1.807) is 0 Å². The Morgan fingerprint density at radius 3 is 2.88 bits per heavy atom. The predicted molar refractivity (Wildman–Crippen MR) is 78.1 cm³/mol. The topological polar surface area (TPSA) is 26.0 Å². The summed E-state index contributed by atoms with van der Waals surface area (Å²) in [5.41, 5.74) is 8.19. The molecule has 1 aromatic carbocycles. The van der Waals surface area contributed by atoms with Gasteiger partial charge in [-0.3, -0.25) is 0 Å². The maximum atomic E-state index is 6.39. The number of benzene rings is 1.